The second kappa shape index (κ2) is 13.0. The van der Waals surface area contributed by atoms with Crippen LogP contribution in [0.4, 0.5) is 43.9 Å². The number of ether oxygens (including phenoxy) is 2. The second-order valence-corrected chi connectivity index (χ2v) is 8.00. The lowest BCUT2D eigenvalue weighted by Crippen LogP contribution is -2.22. The standard InChI is InChI=1S/C27H22F10O2/c1-4-19(13-18(28)14-38-27(35,36)37)39-26(33,34)25-23(31)11-17(12-24(25)32)20(5-2)21(29)9-8-16-7-6-15(3)10-22(16)30/h4-7,9-13H,8,14H2,1-3H3/b18-13+,19-4+,20-5-,21-9+. The quantitative estimate of drug-likeness (QED) is 0.162. The van der Waals surface area contributed by atoms with Gasteiger partial charge in [-0.1, -0.05) is 18.2 Å². The minimum Gasteiger partial charge on any atom is -0.429 e. The SMILES string of the molecule is C/C=C(\C(F)=C/Cc1ccc(C)cc1F)c1cc(F)c(C(F)(F)OC(/C=C(/F)COC(F)(F)F)=C/C)c(F)c1. The molecule has 0 saturated carbocycles. The minimum atomic E-state index is -5.20. The van der Waals surface area contributed by atoms with Gasteiger partial charge in [0.2, 0.25) is 0 Å². The van der Waals surface area contributed by atoms with Gasteiger partial charge in [-0.05, 0) is 74.2 Å². The van der Waals surface area contributed by atoms with Crippen molar-refractivity contribution in [3.8, 4) is 0 Å². The topological polar surface area (TPSA) is 18.5 Å². The molecule has 39 heavy (non-hydrogen) atoms. The molecule has 0 N–H and O–H groups in total. The average Bonchev–Trinajstić information content (AvgIpc) is 2.81. The van der Waals surface area contributed by atoms with E-state index in [1.165, 1.54) is 19.1 Å². The van der Waals surface area contributed by atoms with Crippen molar-refractivity contribution in [3.05, 3.63) is 112 Å². The van der Waals surface area contributed by atoms with Crippen LogP contribution >= 0.6 is 0 Å². The smallest absolute Gasteiger partial charge is 0.429 e. The summed E-state index contributed by atoms with van der Waals surface area (Å²) in [4.78, 5) is 0. The molecule has 2 rings (SSSR count). The summed E-state index contributed by atoms with van der Waals surface area (Å²) in [5.41, 5.74) is -1.97. The van der Waals surface area contributed by atoms with E-state index in [9.17, 15) is 43.9 Å². The molecule has 0 spiro atoms. The monoisotopic (exact) mass is 568 g/mol. The Kier molecular flexibility index (Phi) is 10.6. The molecule has 0 aliphatic carbocycles. The molecule has 0 aliphatic heterocycles. The first-order valence-corrected chi connectivity index (χ1v) is 11.1. The summed E-state index contributed by atoms with van der Waals surface area (Å²) in [6.07, 6.45) is -7.27. The van der Waals surface area contributed by atoms with Crippen LogP contribution < -0.4 is 0 Å². The van der Waals surface area contributed by atoms with Gasteiger partial charge in [-0.3, -0.25) is 4.74 Å². The Bertz CT molecular complexity index is 1280. The molecule has 12 heteroatoms. The molecule has 0 bridgehead atoms. The highest BCUT2D eigenvalue weighted by Gasteiger charge is 2.41. The van der Waals surface area contributed by atoms with E-state index in [1.54, 1.807) is 13.0 Å². The number of aryl methyl sites for hydroxylation is 1. The van der Waals surface area contributed by atoms with Crippen molar-refractivity contribution in [2.45, 2.75) is 39.7 Å². The summed E-state index contributed by atoms with van der Waals surface area (Å²) in [6.45, 7) is 2.36. The van der Waals surface area contributed by atoms with E-state index in [1.807, 2.05) is 0 Å². The fourth-order valence-electron chi connectivity index (χ4n) is 3.29. The van der Waals surface area contributed by atoms with Gasteiger partial charge in [-0.25, -0.2) is 22.0 Å². The van der Waals surface area contributed by atoms with Crippen LogP contribution in [0.15, 0.2) is 72.0 Å². The van der Waals surface area contributed by atoms with Crippen LogP contribution in [0.25, 0.3) is 5.57 Å². The summed E-state index contributed by atoms with van der Waals surface area (Å²) >= 11 is 0. The number of allylic oxidation sites excluding steroid dienone is 6. The number of halogens is 10. The summed E-state index contributed by atoms with van der Waals surface area (Å²) in [5, 5.41) is 0. The van der Waals surface area contributed by atoms with Crippen LogP contribution in [0.2, 0.25) is 0 Å². The number of hydrogen-bond donors (Lipinski definition) is 0. The van der Waals surface area contributed by atoms with Crippen molar-refractivity contribution in [2.75, 3.05) is 6.61 Å². The lowest BCUT2D eigenvalue weighted by molar-refractivity contribution is -0.322. The van der Waals surface area contributed by atoms with Gasteiger partial charge in [0.15, 0.2) is 0 Å². The first-order valence-electron chi connectivity index (χ1n) is 11.1. The van der Waals surface area contributed by atoms with Gasteiger partial charge in [0, 0.05) is 11.6 Å². The number of alkyl halides is 5. The fraction of sp³-hybridized carbons (Fsp3) is 0.259. The lowest BCUT2D eigenvalue weighted by atomic mass is 9.99. The maximum atomic E-state index is 14.8. The van der Waals surface area contributed by atoms with Gasteiger partial charge in [-0.15, -0.1) is 13.2 Å². The predicted octanol–water partition coefficient (Wildman–Crippen LogP) is 9.27. The van der Waals surface area contributed by atoms with Crippen LogP contribution in [-0.4, -0.2) is 13.0 Å². The number of benzene rings is 2. The summed E-state index contributed by atoms with van der Waals surface area (Å²) in [6, 6.07) is 5.10. The molecule has 0 amide bonds. The van der Waals surface area contributed by atoms with Crippen LogP contribution in [0.5, 0.6) is 0 Å². The largest absolute Gasteiger partial charge is 0.522 e. The van der Waals surface area contributed by atoms with Crippen LogP contribution in [0, 0.1) is 24.4 Å². The number of rotatable bonds is 10. The Morgan fingerprint density at radius 2 is 1.49 bits per heavy atom. The van der Waals surface area contributed by atoms with Crippen molar-refractivity contribution in [3.63, 3.8) is 0 Å². The highest BCUT2D eigenvalue weighted by atomic mass is 19.4. The van der Waals surface area contributed by atoms with Crippen molar-refractivity contribution in [2.24, 2.45) is 0 Å². The van der Waals surface area contributed by atoms with E-state index in [4.69, 9.17) is 0 Å². The predicted molar refractivity (Wildman–Crippen MR) is 124 cm³/mol. The van der Waals surface area contributed by atoms with E-state index in [2.05, 4.69) is 9.47 Å². The zero-order valence-corrected chi connectivity index (χ0v) is 20.7. The van der Waals surface area contributed by atoms with E-state index in [-0.39, 0.29) is 23.6 Å². The van der Waals surface area contributed by atoms with Crippen molar-refractivity contribution in [1.82, 2.24) is 0 Å². The van der Waals surface area contributed by atoms with Crippen molar-refractivity contribution < 1.29 is 53.4 Å². The van der Waals surface area contributed by atoms with Gasteiger partial charge in [0.25, 0.3) is 0 Å². The van der Waals surface area contributed by atoms with Crippen LogP contribution in [0.3, 0.4) is 0 Å². The van der Waals surface area contributed by atoms with Gasteiger partial charge in [0.1, 0.15) is 47.0 Å². The highest BCUT2D eigenvalue weighted by molar-refractivity contribution is 5.77. The fourth-order valence-corrected chi connectivity index (χ4v) is 3.29. The zero-order valence-electron chi connectivity index (χ0n) is 20.7. The van der Waals surface area contributed by atoms with E-state index >= 15 is 0 Å². The molecule has 0 saturated heterocycles. The molecule has 2 nitrogen and oxygen atoms in total. The van der Waals surface area contributed by atoms with Crippen LogP contribution in [0.1, 0.15) is 36.1 Å². The molecule has 0 atom stereocenters. The Labute approximate surface area is 217 Å². The molecule has 0 aliphatic rings. The molecule has 2 aromatic carbocycles. The Balaban J connectivity index is 2.31. The van der Waals surface area contributed by atoms with E-state index in [0.717, 1.165) is 19.1 Å². The number of hydrogen-bond acceptors (Lipinski definition) is 2. The molecule has 2 aromatic rings. The maximum Gasteiger partial charge on any atom is 0.522 e. The molecule has 212 valence electrons. The normalized spacial score (nSPS) is 14.2. The van der Waals surface area contributed by atoms with E-state index < -0.39 is 65.1 Å². The molecular formula is C27H22F10O2. The molecular weight excluding hydrogens is 546 g/mol. The van der Waals surface area contributed by atoms with Gasteiger partial charge >= 0.3 is 12.5 Å². The zero-order chi connectivity index (χ0) is 29.5. The van der Waals surface area contributed by atoms with Crippen LogP contribution in [-0.2, 0) is 22.0 Å². The maximum absolute atomic E-state index is 14.8. The molecule has 0 fully saturated rings. The van der Waals surface area contributed by atoms with Gasteiger partial charge in [0.05, 0.1) is 0 Å². The average molecular weight is 568 g/mol. The summed E-state index contributed by atoms with van der Waals surface area (Å²) in [5.74, 6) is -8.03. The third-order valence-corrected chi connectivity index (χ3v) is 5.10. The lowest BCUT2D eigenvalue weighted by Gasteiger charge is -2.21. The molecule has 0 heterocycles. The summed E-state index contributed by atoms with van der Waals surface area (Å²) in [7, 11) is 0. The third-order valence-electron chi connectivity index (χ3n) is 5.10. The van der Waals surface area contributed by atoms with Crippen molar-refractivity contribution >= 4 is 5.57 Å². The Hall–Kier alpha value is -3.54. The molecule has 0 unspecified atom stereocenters. The summed E-state index contributed by atoms with van der Waals surface area (Å²) < 4.78 is 145. The Morgan fingerprint density at radius 1 is 0.872 bits per heavy atom. The highest BCUT2D eigenvalue weighted by Crippen LogP contribution is 2.38. The molecule has 0 radical (unpaired) electrons. The molecule has 0 aromatic heterocycles. The van der Waals surface area contributed by atoms with Gasteiger partial charge in [-0.2, -0.15) is 8.78 Å². The first kappa shape index (κ1) is 31.7. The van der Waals surface area contributed by atoms with Crippen molar-refractivity contribution in [1.29, 1.82) is 0 Å². The van der Waals surface area contributed by atoms with E-state index in [0.29, 0.717) is 23.8 Å². The first-order chi connectivity index (χ1) is 18.1. The third kappa shape index (κ3) is 9.02. The minimum absolute atomic E-state index is 0.124. The Morgan fingerprint density at radius 3 is 2.00 bits per heavy atom. The second-order valence-electron chi connectivity index (χ2n) is 8.00. The van der Waals surface area contributed by atoms with Gasteiger partial charge < -0.3 is 4.74 Å².